The van der Waals surface area contributed by atoms with Crippen LogP contribution in [0.5, 0.6) is 5.75 Å². The summed E-state index contributed by atoms with van der Waals surface area (Å²) in [7, 11) is 0. The Balaban J connectivity index is 2.00. The van der Waals surface area contributed by atoms with Crippen LogP contribution in [0.3, 0.4) is 0 Å². The number of carbonyl (C=O) groups is 1. The van der Waals surface area contributed by atoms with Crippen molar-refractivity contribution in [3.05, 3.63) is 29.3 Å². The third-order valence-electron chi connectivity index (χ3n) is 2.93. The van der Waals surface area contributed by atoms with Gasteiger partial charge in [0, 0.05) is 18.6 Å². The van der Waals surface area contributed by atoms with E-state index < -0.39 is 0 Å². The van der Waals surface area contributed by atoms with Crippen LogP contribution >= 0.6 is 0 Å². The van der Waals surface area contributed by atoms with Crippen LogP contribution in [-0.4, -0.2) is 25.6 Å². The van der Waals surface area contributed by atoms with E-state index in [1.54, 1.807) is 0 Å². The van der Waals surface area contributed by atoms with Crippen molar-refractivity contribution < 1.29 is 14.3 Å². The smallest absolute Gasteiger partial charge is 0.163 e. The molecule has 3 nitrogen and oxygen atoms in total. The molecule has 0 aromatic heterocycles. The van der Waals surface area contributed by atoms with Crippen molar-refractivity contribution in [2.75, 3.05) is 19.8 Å². The van der Waals surface area contributed by atoms with Gasteiger partial charge in [-0.1, -0.05) is 6.07 Å². The van der Waals surface area contributed by atoms with Gasteiger partial charge in [-0.15, -0.1) is 0 Å². The molecule has 0 unspecified atom stereocenters. The largest absolute Gasteiger partial charge is 0.491 e. The molecule has 0 fully saturated rings. The monoisotopic (exact) mass is 234 g/mol. The van der Waals surface area contributed by atoms with Gasteiger partial charge in [0.05, 0.1) is 6.61 Å². The Hall–Kier alpha value is -1.35. The number of hydrogen-bond donors (Lipinski definition) is 0. The normalized spacial score (nSPS) is 14.5. The lowest BCUT2D eigenvalue weighted by molar-refractivity contribution is 0.0970. The molecule has 0 N–H and O–H groups in total. The Morgan fingerprint density at radius 3 is 2.94 bits per heavy atom. The average molecular weight is 234 g/mol. The molecule has 0 amide bonds. The maximum Gasteiger partial charge on any atom is 0.163 e. The predicted octanol–water partition coefficient (Wildman–Crippen LogP) is 2.62. The number of benzene rings is 1. The molecule has 17 heavy (non-hydrogen) atoms. The Kier molecular flexibility index (Phi) is 4.15. The van der Waals surface area contributed by atoms with E-state index in [1.165, 1.54) is 0 Å². The van der Waals surface area contributed by atoms with E-state index >= 15 is 0 Å². The lowest BCUT2D eigenvalue weighted by Gasteiger charge is -2.15. The second-order valence-corrected chi connectivity index (χ2v) is 4.14. The number of carbonyl (C=O) groups excluding carboxylic acids is 1. The fourth-order valence-electron chi connectivity index (χ4n) is 2.06. The van der Waals surface area contributed by atoms with Gasteiger partial charge in [-0.2, -0.15) is 0 Å². The summed E-state index contributed by atoms with van der Waals surface area (Å²) in [5, 5.41) is 0. The van der Waals surface area contributed by atoms with Gasteiger partial charge in [0.25, 0.3) is 0 Å². The zero-order valence-electron chi connectivity index (χ0n) is 10.2. The molecule has 0 saturated heterocycles. The second-order valence-electron chi connectivity index (χ2n) is 4.14. The molecule has 0 spiro atoms. The van der Waals surface area contributed by atoms with E-state index in [0.29, 0.717) is 26.2 Å². The molecule has 0 heterocycles. The summed E-state index contributed by atoms with van der Waals surface area (Å²) in [6.45, 7) is 3.77. The van der Waals surface area contributed by atoms with Crippen LogP contribution in [0.25, 0.3) is 0 Å². The topological polar surface area (TPSA) is 35.5 Å². The summed E-state index contributed by atoms with van der Waals surface area (Å²) < 4.78 is 10.7. The van der Waals surface area contributed by atoms with Crippen LogP contribution in [0.15, 0.2) is 18.2 Å². The van der Waals surface area contributed by atoms with Gasteiger partial charge < -0.3 is 9.47 Å². The van der Waals surface area contributed by atoms with E-state index in [-0.39, 0.29) is 5.78 Å². The van der Waals surface area contributed by atoms with Crippen molar-refractivity contribution in [1.82, 2.24) is 0 Å². The molecule has 3 heteroatoms. The van der Waals surface area contributed by atoms with E-state index in [2.05, 4.69) is 0 Å². The summed E-state index contributed by atoms with van der Waals surface area (Å²) >= 11 is 0. The maximum absolute atomic E-state index is 11.7. The molecule has 1 aromatic rings. The summed E-state index contributed by atoms with van der Waals surface area (Å²) in [6, 6.07) is 5.80. The van der Waals surface area contributed by atoms with Crippen molar-refractivity contribution in [2.45, 2.75) is 26.2 Å². The van der Waals surface area contributed by atoms with Crippen molar-refractivity contribution in [3.8, 4) is 5.75 Å². The lowest BCUT2D eigenvalue weighted by atomic mass is 9.90. The first-order valence-electron chi connectivity index (χ1n) is 6.18. The molecule has 0 radical (unpaired) electrons. The molecule has 0 bridgehead atoms. The molecular formula is C14H18O3. The molecule has 1 aliphatic rings. The highest BCUT2D eigenvalue weighted by Crippen LogP contribution is 2.25. The first-order valence-corrected chi connectivity index (χ1v) is 6.18. The molecule has 2 rings (SSSR count). The van der Waals surface area contributed by atoms with Gasteiger partial charge in [-0.05, 0) is 37.5 Å². The summed E-state index contributed by atoms with van der Waals surface area (Å²) in [5.41, 5.74) is 1.99. The predicted molar refractivity (Wildman–Crippen MR) is 65.7 cm³/mol. The van der Waals surface area contributed by atoms with Gasteiger partial charge in [0.15, 0.2) is 5.78 Å². The van der Waals surface area contributed by atoms with E-state index in [9.17, 15) is 4.79 Å². The fraction of sp³-hybridized carbons (Fsp3) is 0.500. The SMILES string of the molecule is CCOCCOc1ccc2c(c1)C(=O)CCC2. The summed E-state index contributed by atoms with van der Waals surface area (Å²) in [5.74, 6) is 1.00. The minimum Gasteiger partial charge on any atom is -0.491 e. The van der Waals surface area contributed by atoms with Gasteiger partial charge in [-0.25, -0.2) is 0 Å². The maximum atomic E-state index is 11.7. The van der Waals surface area contributed by atoms with Crippen molar-refractivity contribution in [3.63, 3.8) is 0 Å². The van der Waals surface area contributed by atoms with Crippen LogP contribution in [0.4, 0.5) is 0 Å². The van der Waals surface area contributed by atoms with Crippen LogP contribution < -0.4 is 4.74 Å². The van der Waals surface area contributed by atoms with Gasteiger partial charge in [0.1, 0.15) is 12.4 Å². The lowest BCUT2D eigenvalue weighted by Crippen LogP contribution is -2.12. The van der Waals surface area contributed by atoms with Crippen molar-refractivity contribution >= 4 is 5.78 Å². The molecule has 0 aliphatic heterocycles. The van der Waals surface area contributed by atoms with Gasteiger partial charge in [0.2, 0.25) is 0 Å². The number of fused-ring (bicyclic) bond motifs is 1. The standard InChI is InChI=1S/C14H18O3/c1-2-16-8-9-17-12-7-6-11-4-3-5-14(15)13(11)10-12/h6-7,10H,2-5,8-9H2,1H3. The molecular weight excluding hydrogens is 216 g/mol. The van der Waals surface area contributed by atoms with Crippen LogP contribution in [-0.2, 0) is 11.2 Å². The second kappa shape index (κ2) is 5.82. The van der Waals surface area contributed by atoms with Crippen molar-refractivity contribution in [2.24, 2.45) is 0 Å². The summed E-state index contributed by atoms with van der Waals surface area (Å²) in [4.78, 5) is 11.7. The minimum absolute atomic E-state index is 0.238. The Morgan fingerprint density at radius 2 is 2.12 bits per heavy atom. The fourth-order valence-corrected chi connectivity index (χ4v) is 2.06. The van der Waals surface area contributed by atoms with Crippen LogP contribution in [0.1, 0.15) is 35.7 Å². The third kappa shape index (κ3) is 3.07. The number of Topliss-reactive ketones (excluding diaryl/α,β-unsaturated/α-hetero) is 1. The average Bonchev–Trinajstić information content (AvgIpc) is 2.36. The van der Waals surface area contributed by atoms with E-state index in [4.69, 9.17) is 9.47 Å². The number of ketones is 1. The zero-order chi connectivity index (χ0) is 12.1. The number of ether oxygens (including phenoxy) is 2. The highest BCUT2D eigenvalue weighted by atomic mass is 16.5. The molecule has 0 atom stereocenters. The van der Waals surface area contributed by atoms with E-state index in [0.717, 1.165) is 29.7 Å². The number of aryl methyl sites for hydroxylation is 1. The van der Waals surface area contributed by atoms with Gasteiger partial charge >= 0.3 is 0 Å². The van der Waals surface area contributed by atoms with Crippen LogP contribution in [0.2, 0.25) is 0 Å². The molecule has 1 aliphatic carbocycles. The first-order chi connectivity index (χ1) is 8.31. The highest BCUT2D eigenvalue weighted by Gasteiger charge is 2.17. The Labute approximate surface area is 102 Å². The summed E-state index contributed by atoms with van der Waals surface area (Å²) in [6.07, 6.45) is 2.63. The Bertz CT molecular complexity index is 398. The molecule has 92 valence electrons. The quantitative estimate of drug-likeness (QED) is 0.735. The zero-order valence-corrected chi connectivity index (χ0v) is 10.2. The third-order valence-corrected chi connectivity index (χ3v) is 2.93. The number of rotatable bonds is 5. The van der Waals surface area contributed by atoms with E-state index in [1.807, 2.05) is 25.1 Å². The van der Waals surface area contributed by atoms with Crippen molar-refractivity contribution in [1.29, 1.82) is 0 Å². The molecule has 1 aromatic carbocycles. The highest BCUT2D eigenvalue weighted by molar-refractivity contribution is 5.98. The molecule has 0 saturated carbocycles. The van der Waals surface area contributed by atoms with Gasteiger partial charge in [-0.3, -0.25) is 4.79 Å². The van der Waals surface area contributed by atoms with Crippen LogP contribution in [0, 0.1) is 0 Å². The Morgan fingerprint density at radius 1 is 1.24 bits per heavy atom. The first kappa shape index (κ1) is 12.1. The minimum atomic E-state index is 0.238. The number of hydrogen-bond acceptors (Lipinski definition) is 3.